The van der Waals surface area contributed by atoms with E-state index >= 15 is 0 Å². The molecule has 5 rings (SSSR count). The predicted octanol–water partition coefficient (Wildman–Crippen LogP) is 4.06. The lowest BCUT2D eigenvalue weighted by Crippen LogP contribution is -2.30. The van der Waals surface area contributed by atoms with E-state index < -0.39 is 10.0 Å². The normalized spacial score (nSPS) is 14.0. The Labute approximate surface area is 227 Å². The van der Waals surface area contributed by atoms with Gasteiger partial charge in [-0.2, -0.15) is 5.10 Å². The van der Waals surface area contributed by atoms with E-state index in [-0.39, 0.29) is 16.5 Å². The zero-order valence-electron chi connectivity index (χ0n) is 22.1. The van der Waals surface area contributed by atoms with Gasteiger partial charge in [-0.25, -0.2) is 8.42 Å². The standard InChI is InChI=1S/C27H31N5O6S/c1-35-14-9-19-7-12-31(13-8-19)21-5-6-22(36-2)25(17-21)39(33,34)30-27-26-23(37-3)15-20(16-24(26)38-29-27)18-32-11-4-10-28-32/h4-6,9-11,15-17H,7-8,12-14,18H2,1-3H3,(H,29,30). The van der Waals surface area contributed by atoms with E-state index in [4.69, 9.17) is 18.7 Å². The van der Waals surface area contributed by atoms with Crippen LogP contribution in [0.4, 0.5) is 11.5 Å². The monoisotopic (exact) mass is 553 g/mol. The number of fused-ring (bicyclic) bond motifs is 1. The number of hydrogen-bond acceptors (Lipinski definition) is 9. The summed E-state index contributed by atoms with van der Waals surface area (Å²) < 4.78 is 53.3. The van der Waals surface area contributed by atoms with Gasteiger partial charge in [0.25, 0.3) is 10.0 Å². The summed E-state index contributed by atoms with van der Waals surface area (Å²) in [5.74, 6) is 0.691. The zero-order chi connectivity index (χ0) is 27.4. The van der Waals surface area contributed by atoms with Gasteiger partial charge in [-0.1, -0.05) is 16.8 Å². The lowest BCUT2D eigenvalue weighted by atomic mass is 10.0. The molecular weight excluding hydrogens is 522 g/mol. The predicted molar refractivity (Wildman–Crippen MR) is 147 cm³/mol. The molecule has 4 aromatic rings. The highest BCUT2D eigenvalue weighted by molar-refractivity contribution is 7.92. The second-order valence-corrected chi connectivity index (χ2v) is 10.8. The van der Waals surface area contributed by atoms with Gasteiger partial charge in [0.1, 0.15) is 21.8 Å². The number of nitrogens with one attached hydrogen (secondary N) is 1. The molecule has 39 heavy (non-hydrogen) atoms. The van der Waals surface area contributed by atoms with Crippen LogP contribution in [0.25, 0.3) is 11.0 Å². The average molecular weight is 554 g/mol. The molecule has 0 unspecified atom stereocenters. The molecule has 12 heteroatoms. The van der Waals surface area contributed by atoms with E-state index in [1.54, 1.807) is 36.2 Å². The lowest BCUT2D eigenvalue weighted by molar-refractivity contribution is 0.233. The number of nitrogens with zero attached hydrogens (tertiary/aromatic N) is 4. The van der Waals surface area contributed by atoms with Crippen LogP contribution in [-0.4, -0.2) is 64.4 Å². The number of hydrogen-bond donors (Lipinski definition) is 1. The van der Waals surface area contributed by atoms with Crippen LogP contribution in [-0.2, 0) is 21.3 Å². The summed E-state index contributed by atoms with van der Waals surface area (Å²) in [5.41, 5.74) is 3.40. The number of aromatic nitrogens is 3. The number of piperidine rings is 1. The first-order chi connectivity index (χ1) is 18.9. The van der Waals surface area contributed by atoms with Crippen LogP contribution in [0.15, 0.2) is 69.9 Å². The lowest BCUT2D eigenvalue weighted by Gasteiger charge is -2.31. The van der Waals surface area contributed by atoms with Crippen molar-refractivity contribution in [3.05, 3.63) is 66.0 Å². The molecule has 2 aromatic heterocycles. The summed E-state index contributed by atoms with van der Waals surface area (Å²) >= 11 is 0. The first-order valence-corrected chi connectivity index (χ1v) is 14.0. The minimum Gasteiger partial charge on any atom is -0.496 e. The number of ether oxygens (including phenoxy) is 3. The van der Waals surface area contributed by atoms with Crippen molar-refractivity contribution in [2.45, 2.75) is 24.3 Å². The first-order valence-electron chi connectivity index (χ1n) is 12.5. The van der Waals surface area contributed by atoms with Gasteiger partial charge in [0.05, 0.1) is 27.4 Å². The van der Waals surface area contributed by atoms with Gasteiger partial charge >= 0.3 is 0 Å². The van der Waals surface area contributed by atoms with Crippen LogP contribution in [0.1, 0.15) is 18.4 Å². The maximum Gasteiger partial charge on any atom is 0.266 e. The fourth-order valence-corrected chi connectivity index (χ4v) is 5.90. The molecule has 0 bridgehead atoms. The molecule has 3 heterocycles. The Morgan fingerprint density at radius 3 is 2.56 bits per heavy atom. The van der Waals surface area contributed by atoms with Gasteiger partial charge in [-0.15, -0.1) is 0 Å². The van der Waals surface area contributed by atoms with Crippen LogP contribution >= 0.6 is 0 Å². The molecule has 206 valence electrons. The molecule has 1 N–H and O–H groups in total. The van der Waals surface area contributed by atoms with Crippen molar-refractivity contribution < 1.29 is 27.2 Å². The number of methoxy groups -OCH3 is 3. The highest BCUT2D eigenvalue weighted by atomic mass is 32.2. The van der Waals surface area contributed by atoms with Crippen molar-refractivity contribution in [1.82, 2.24) is 14.9 Å². The minimum atomic E-state index is -4.10. The molecular formula is C27H31N5O6S. The number of sulfonamides is 1. The Morgan fingerprint density at radius 2 is 1.87 bits per heavy atom. The SMILES string of the molecule is COCC=C1CCN(c2ccc(OC)c(S(=O)(=O)Nc3noc4cc(Cn5cccn5)cc(OC)c34)c2)CC1. The van der Waals surface area contributed by atoms with E-state index in [0.717, 1.165) is 37.2 Å². The topological polar surface area (TPSA) is 121 Å². The molecule has 1 aliphatic heterocycles. The highest BCUT2D eigenvalue weighted by Crippen LogP contribution is 2.37. The second-order valence-electron chi connectivity index (χ2n) is 9.15. The third-order valence-corrected chi connectivity index (χ3v) is 8.06. The van der Waals surface area contributed by atoms with Gasteiger partial charge in [0.2, 0.25) is 0 Å². The van der Waals surface area contributed by atoms with Crippen molar-refractivity contribution in [2.75, 3.05) is 50.6 Å². The highest BCUT2D eigenvalue weighted by Gasteiger charge is 2.26. The van der Waals surface area contributed by atoms with Crippen LogP contribution in [0, 0.1) is 0 Å². The van der Waals surface area contributed by atoms with Crippen molar-refractivity contribution in [1.29, 1.82) is 0 Å². The third-order valence-electron chi connectivity index (χ3n) is 6.70. The molecule has 0 amide bonds. The average Bonchev–Trinajstić information content (AvgIpc) is 3.61. The Kier molecular flexibility index (Phi) is 7.75. The molecule has 0 spiro atoms. The second kappa shape index (κ2) is 11.4. The molecule has 1 fully saturated rings. The molecule has 0 saturated carbocycles. The molecule has 1 aliphatic rings. The molecule has 0 aliphatic carbocycles. The van der Waals surface area contributed by atoms with Gasteiger partial charge in [0.15, 0.2) is 11.4 Å². The van der Waals surface area contributed by atoms with Gasteiger partial charge in [-0.3, -0.25) is 9.40 Å². The van der Waals surface area contributed by atoms with Crippen molar-refractivity contribution in [3.63, 3.8) is 0 Å². The van der Waals surface area contributed by atoms with Crippen LogP contribution < -0.4 is 19.1 Å². The smallest absolute Gasteiger partial charge is 0.266 e. The van der Waals surface area contributed by atoms with E-state index in [2.05, 4.69) is 26.0 Å². The maximum atomic E-state index is 13.6. The largest absolute Gasteiger partial charge is 0.496 e. The maximum absolute atomic E-state index is 13.6. The number of rotatable bonds is 10. The number of anilines is 2. The summed E-state index contributed by atoms with van der Waals surface area (Å²) in [6, 6.07) is 10.6. The van der Waals surface area contributed by atoms with Gasteiger partial charge in [0, 0.05) is 38.3 Å². The summed E-state index contributed by atoms with van der Waals surface area (Å²) in [7, 11) is 0.534. The summed E-state index contributed by atoms with van der Waals surface area (Å²) in [5, 5.41) is 8.66. The van der Waals surface area contributed by atoms with Crippen LogP contribution in [0.2, 0.25) is 0 Å². The fourth-order valence-electron chi connectivity index (χ4n) is 4.70. The quantitative estimate of drug-likeness (QED) is 0.290. The van der Waals surface area contributed by atoms with E-state index in [1.165, 1.54) is 19.8 Å². The zero-order valence-corrected chi connectivity index (χ0v) is 22.9. The molecule has 2 aromatic carbocycles. The van der Waals surface area contributed by atoms with Crippen LogP contribution in [0.3, 0.4) is 0 Å². The molecule has 0 atom stereocenters. The Balaban J connectivity index is 1.42. The summed E-state index contributed by atoms with van der Waals surface area (Å²) in [4.78, 5) is 2.17. The summed E-state index contributed by atoms with van der Waals surface area (Å²) in [6.07, 6.45) is 7.44. The van der Waals surface area contributed by atoms with Crippen molar-refractivity contribution in [3.8, 4) is 11.5 Å². The minimum absolute atomic E-state index is 0.00800. The van der Waals surface area contributed by atoms with Gasteiger partial charge in [-0.05, 0) is 54.8 Å². The summed E-state index contributed by atoms with van der Waals surface area (Å²) in [6.45, 7) is 2.64. The molecule has 11 nitrogen and oxygen atoms in total. The van der Waals surface area contributed by atoms with Gasteiger partial charge < -0.3 is 23.6 Å². The molecule has 0 radical (unpaired) electrons. The first kappa shape index (κ1) is 26.6. The molecule has 1 saturated heterocycles. The fraction of sp³-hybridized carbons (Fsp3) is 0.333. The van der Waals surface area contributed by atoms with E-state index in [1.807, 2.05) is 24.4 Å². The van der Waals surface area contributed by atoms with Crippen molar-refractivity contribution in [2.24, 2.45) is 0 Å². The van der Waals surface area contributed by atoms with Crippen molar-refractivity contribution >= 4 is 32.5 Å². The Morgan fingerprint density at radius 1 is 1.08 bits per heavy atom. The Bertz CT molecular complexity index is 1570. The Hall–Kier alpha value is -4.03. The number of benzene rings is 2. The van der Waals surface area contributed by atoms with E-state index in [0.29, 0.717) is 29.9 Å². The van der Waals surface area contributed by atoms with E-state index in [9.17, 15) is 8.42 Å². The third kappa shape index (κ3) is 5.71. The van der Waals surface area contributed by atoms with Crippen LogP contribution in [0.5, 0.6) is 11.5 Å².